The van der Waals surface area contributed by atoms with Crippen molar-refractivity contribution in [2.75, 3.05) is 20.8 Å². The second kappa shape index (κ2) is 4.86. The van der Waals surface area contributed by atoms with Gasteiger partial charge in [-0.3, -0.25) is 0 Å². The summed E-state index contributed by atoms with van der Waals surface area (Å²) in [5.74, 6) is 0.868. The predicted molar refractivity (Wildman–Crippen MR) is 55.2 cm³/mol. The predicted octanol–water partition coefficient (Wildman–Crippen LogP) is 0.401. The fraction of sp³-hybridized carbons (Fsp3) is 0.400. The number of hydrogen-bond donors (Lipinski definition) is 3. The van der Waals surface area contributed by atoms with Gasteiger partial charge in [0.1, 0.15) is 5.75 Å². The molecule has 0 radical (unpaired) electrons. The smallest absolute Gasteiger partial charge is 0.164 e. The molecule has 1 rings (SSSR count). The lowest BCUT2D eigenvalue weighted by Gasteiger charge is -2.14. The highest BCUT2D eigenvalue weighted by Gasteiger charge is 2.15. The van der Waals surface area contributed by atoms with Crippen molar-refractivity contribution in [1.29, 1.82) is 0 Å². The fourth-order valence-electron chi connectivity index (χ4n) is 1.28. The van der Waals surface area contributed by atoms with Crippen LogP contribution in [0.2, 0.25) is 0 Å². The number of aromatic hydroxyl groups is 1. The molecule has 0 aliphatic rings. The largest absolute Gasteiger partial charge is 0.507 e. The van der Waals surface area contributed by atoms with E-state index in [0.717, 1.165) is 0 Å². The van der Waals surface area contributed by atoms with Gasteiger partial charge in [0.2, 0.25) is 0 Å². The van der Waals surface area contributed by atoms with Gasteiger partial charge in [0.15, 0.2) is 11.5 Å². The number of benzene rings is 1. The van der Waals surface area contributed by atoms with Crippen LogP contribution in [0.5, 0.6) is 17.2 Å². The van der Waals surface area contributed by atoms with Gasteiger partial charge in [0, 0.05) is 11.6 Å². The van der Waals surface area contributed by atoms with E-state index in [9.17, 15) is 5.11 Å². The lowest BCUT2D eigenvalue weighted by Crippen LogP contribution is -2.14. The molecule has 1 atom stereocenters. The van der Waals surface area contributed by atoms with Crippen molar-refractivity contribution in [2.24, 2.45) is 5.73 Å². The summed E-state index contributed by atoms with van der Waals surface area (Å²) in [6.45, 7) is -0.247. The molecule has 0 aliphatic heterocycles. The number of phenols is 1. The number of aliphatic hydroxyl groups excluding tert-OH is 1. The number of ether oxygens (including phenoxy) is 2. The highest BCUT2D eigenvalue weighted by atomic mass is 16.5. The molecule has 0 saturated heterocycles. The van der Waals surface area contributed by atoms with E-state index in [1.165, 1.54) is 20.3 Å². The topological polar surface area (TPSA) is 84.9 Å². The molecule has 0 aromatic heterocycles. The third-order valence-electron chi connectivity index (χ3n) is 2.13. The first kappa shape index (κ1) is 11.6. The maximum atomic E-state index is 9.62. The zero-order valence-corrected chi connectivity index (χ0v) is 8.73. The first-order valence-corrected chi connectivity index (χ1v) is 4.45. The fourth-order valence-corrected chi connectivity index (χ4v) is 1.28. The van der Waals surface area contributed by atoms with Crippen molar-refractivity contribution in [1.82, 2.24) is 0 Å². The highest BCUT2D eigenvalue weighted by Crippen LogP contribution is 2.35. The van der Waals surface area contributed by atoms with E-state index in [0.29, 0.717) is 17.1 Å². The van der Waals surface area contributed by atoms with Crippen LogP contribution < -0.4 is 15.2 Å². The van der Waals surface area contributed by atoms with Crippen molar-refractivity contribution < 1.29 is 19.7 Å². The van der Waals surface area contributed by atoms with Crippen LogP contribution >= 0.6 is 0 Å². The molecule has 0 heterocycles. The first-order valence-electron chi connectivity index (χ1n) is 4.45. The molecular weight excluding hydrogens is 198 g/mol. The van der Waals surface area contributed by atoms with Crippen LogP contribution in [-0.4, -0.2) is 31.0 Å². The Bertz CT molecular complexity index is 340. The van der Waals surface area contributed by atoms with Gasteiger partial charge in [-0.25, -0.2) is 0 Å². The minimum Gasteiger partial charge on any atom is -0.507 e. The second-order valence-corrected chi connectivity index (χ2v) is 3.06. The minimum absolute atomic E-state index is 0.0193. The number of aliphatic hydroxyl groups is 1. The summed E-state index contributed by atoms with van der Waals surface area (Å²) in [6, 6.07) is 2.32. The first-order chi connectivity index (χ1) is 7.13. The van der Waals surface area contributed by atoms with Crippen LogP contribution in [0.1, 0.15) is 11.6 Å². The molecule has 84 valence electrons. The SMILES string of the molecule is COc1cc(O)c([C@H](N)CO)cc1OC. The third-order valence-corrected chi connectivity index (χ3v) is 2.13. The van der Waals surface area contributed by atoms with E-state index in [4.69, 9.17) is 20.3 Å². The average Bonchev–Trinajstić information content (AvgIpc) is 2.27. The van der Waals surface area contributed by atoms with Crippen molar-refractivity contribution >= 4 is 0 Å². The van der Waals surface area contributed by atoms with Crippen LogP contribution in [-0.2, 0) is 0 Å². The normalized spacial score (nSPS) is 12.3. The number of phenolic OH excluding ortho intramolecular Hbond substituents is 1. The molecule has 0 amide bonds. The summed E-state index contributed by atoms with van der Waals surface area (Å²) in [5.41, 5.74) is 6.03. The summed E-state index contributed by atoms with van der Waals surface area (Å²) < 4.78 is 10.1. The van der Waals surface area contributed by atoms with Gasteiger partial charge in [-0.2, -0.15) is 0 Å². The third kappa shape index (κ3) is 2.31. The van der Waals surface area contributed by atoms with Crippen LogP contribution in [0.3, 0.4) is 0 Å². The highest BCUT2D eigenvalue weighted by molar-refractivity contribution is 5.51. The zero-order chi connectivity index (χ0) is 11.4. The molecule has 1 aromatic carbocycles. The molecule has 0 spiro atoms. The molecule has 0 saturated carbocycles. The van der Waals surface area contributed by atoms with Crippen molar-refractivity contribution in [3.63, 3.8) is 0 Å². The lowest BCUT2D eigenvalue weighted by atomic mass is 10.1. The number of hydrogen-bond acceptors (Lipinski definition) is 5. The molecule has 1 aromatic rings. The molecule has 0 aliphatic carbocycles. The van der Waals surface area contributed by atoms with E-state index >= 15 is 0 Å². The van der Waals surface area contributed by atoms with Gasteiger partial charge in [-0.05, 0) is 6.07 Å². The quantitative estimate of drug-likeness (QED) is 0.674. The Labute approximate surface area is 88.0 Å². The summed E-state index contributed by atoms with van der Waals surface area (Å²) in [4.78, 5) is 0. The molecule has 0 bridgehead atoms. The van der Waals surface area contributed by atoms with Crippen LogP contribution in [0.4, 0.5) is 0 Å². The Morgan fingerprint density at radius 1 is 1.27 bits per heavy atom. The van der Waals surface area contributed by atoms with Gasteiger partial charge in [-0.15, -0.1) is 0 Å². The van der Waals surface area contributed by atoms with E-state index in [1.54, 1.807) is 6.07 Å². The van der Waals surface area contributed by atoms with Gasteiger partial charge < -0.3 is 25.4 Å². The number of nitrogens with two attached hydrogens (primary N) is 1. The van der Waals surface area contributed by atoms with E-state index in [1.807, 2.05) is 0 Å². The van der Waals surface area contributed by atoms with Crippen molar-refractivity contribution in [3.8, 4) is 17.2 Å². The molecule has 5 heteroatoms. The minimum atomic E-state index is -0.634. The second-order valence-electron chi connectivity index (χ2n) is 3.06. The monoisotopic (exact) mass is 213 g/mol. The standard InChI is InChI=1S/C10H15NO4/c1-14-9-3-6(7(11)5-12)8(13)4-10(9)15-2/h3-4,7,12-13H,5,11H2,1-2H3/t7-/m1/s1. The summed E-state index contributed by atoms with van der Waals surface area (Å²) >= 11 is 0. The zero-order valence-electron chi connectivity index (χ0n) is 8.73. The Balaban J connectivity index is 3.19. The molecule has 5 nitrogen and oxygen atoms in total. The number of methoxy groups -OCH3 is 2. The Morgan fingerprint density at radius 3 is 2.27 bits per heavy atom. The Hall–Kier alpha value is -1.46. The van der Waals surface area contributed by atoms with Gasteiger partial charge in [-0.1, -0.05) is 0 Å². The van der Waals surface area contributed by atoms with Gasteiger partial charge in [0.05, 0.1) is 26.9 Å². The maximum absolute atomic E-state index is 9.62. The Kier molecular flexibility index (Phi) is 3.76. The molecule has 15 heavy (non-hydrogen) atoms. The van der Waals surface area contributed by atoms with Gasteiger partial charge in [0.25, 0.3) is 0 Å². The average molecular weight is 213 g/mol. The molecule has 0 unspecified atom stereocenters. The van der Waals surface area contributed by atoms with Crippen LogP contribution in [0.25, 0.3) is 0 Å². The summed E-state index contributed by atoms with van der Waals surface area (Å²) in [6.07, 6.45) is 0. The summed E-state index contributed by atoms with van der Waals surface area (Å²) in [7, 11) is 2.96. The van der Waals surface area contributed by atoms with Gasteiger partial charge >= 0.3 is 0 Å². The maximum Gasteiger partial charge on any atom is 0.164 e. The van der Waals surface area contributed by atoms with Crippen LogP contribution in [0, 0.1) is 0 Å². The van der Waals surface area contributed by atoms with Crippen molar-refractivity contribution in [2.45, 2.75) is 6.04 Å². The van der Waals surface area contributed by atoms with E-state index in [-0.39, 0.29) is 12.4 Å². The molecule has 0 fully saturated rings. The Morgan fingerprint density at radius 2 is 1.80 bits per heavy atom. The van der Waals surface area contributed by atoms with Crippen LogP contribution in [0.15, 0.2) is 12.1 Å². The molecular formula is C10H15NO4. The van der Waals surface area contributed by atoms with E-state index < -0.39 is 6.04 Å². The lowest BCUT2D eigenvalue weighted by molar-refractivity contribution is 0.264. The van der Waals surface area contributed by atoms with E-state index in [2.05, 4.69) is 0 Å². The number of rotatable bonds is 4. The summed E-state index contributed by atoms with van der Waals surface area (Å²) in [5, 5.41) is 18.5. The van der Waals surface area contributed by atoms with Crippen molar-refractivity contribution in [3.05, 3.63) is 17.7 Å². The molecule has 4 N–H and O–H groups in total.